The van der Waals surface area contributed by atoms with Gasteiger partial charge in [0, 0.05) is 24.5 Å². The Morgan fingerprint density at radius 2 is 1.79 bits per heavy atom. The van der Waals surface area contributed by atoms with Gasteiger partial charge in [-0.2, -0.15) is 0 Å². The number of thioether (sulfide) groups is 1. The first-order valence-electron chi connectivity index (χ1n) is 10.3. The van der Waals surface area contributed by atoms with Crippen LogP contribution in [0.5, 0.6) is 0 Å². The molecule has 0 aromatic carbocycles. The summed E-state index contributed by atoms with van der Waals surface area (Å²) in [7, 11) is 0. The standard InChI is InChI=1S/C21H31N3O2S2/c1-13(2)12-24-20(26)17-14(3)15(4)27-18(17)22-21(24)28-16(5)19(25)23-10-8-6-7-9-11-23/h13,16H,6-12H2,1-5H3/t16-/m0/s1. The van der Waals surface area contributed by atoms with Gasteiger partial charge in [0.15, 0.2) is 5.16 Å². The normalized spacial score (nSPS) is 16.6. The molecule has 28 heavy (non-hydrogen) atoms. The third-order valence-electron chi connectivity index (χ3n) is 5.35. The molecule has 1 fully saturated rings. The van der Waals surface area contributed by atoms with E-state index in [2.05, 4.69) is 13.8 Å². The van der Waals surface area contributed by atoms with E-state index >= 15 is 0 Å². The Morgan fingerprint density at radius 3 is 2.39 bits per heavy atom. The molecule has 2 aromatic rings. The highest BCUT2D eigenvalue weighted by atomic mass is 32.2. The summed E-state index contributed by atoms with van der Waals surface area (Å²) in [5.41, 5.74) is 1.05. The van der Waals surface area contributed by atoms with Gasteiger partial charge in [0.25, 0.3) is 5.56 Å². The Kier molecular flexibility index (Phi) is 6.86. The number of likely N-dealkylation sites (tertiary alicyclic amines) is 1. The summed E-state index contributed by atoms with van der Waals surface area (Å²) in [6.07, 6.45) is 4.57. The van der Waals surface area contributed by atoms with Crippen LogP contribution in [0.1, 0.15) is 56.9 Å². The molecule has 0 saturated carbocycles. The van der Waals surface area contributed by atoms with Crippen LogP contribution in [0.25, 0.3) is 10.2 Å². The van der Waals surface area contributed by atoms with Crippen LogP contribution >= 0.6 is 23.1 Å². The summed E-state index contributed by atoms with van der Waals surface area (Å²) >= 11 is 3.00. The van der Waals surface area contributed by atoms with Crippen molar-refractivity contribution < 1.29 is 4.79 Å². The molecule has 0 aliphatic carbocycles. The minimum Gasteiger partial charge on any atom is -0.342 e. The Hall–Kier alpha value is -1.34. The molecule has 0 radical (unpaired) electrons. The fourth-order valence-electron chi connectivity index (χ4n) is 3.68. The number of thiophene rings is 1. The van der Waals surface area contributed by atoms with E-state index < -0.39 is 0 Å². The fraction of sp³-hybridized carbons (Fsp3) is 0.667. The number of aromatic nitrogens is 2. The predicted octanol–water partition coefficient (Wildman–Crippen LogP) is 4.61. The number of rotatable bonds is 5. The van der Waals surface area contributed by atoms with Gasteiger partial charge < -0.3 is 4.90 Å². The molecule has 5 nitrogen and oxygen atoms in total. The predicted molar refractivity (Wildman–Crippen MR) is 119 cm³/mol. The maximum absolute atomic E-state index is 13.2. The average Bonchev–Trinajstić information content (AvgIpc) is 2.83. The Labute approximate surface area is 175 Å². The van der Waals surface area contributed by atoms with Crippen LogP contribution in [-0.4, -0.2) is 38.7 Å². The molecular formula is C21H31N3O2S2. The van der Waals surface area contributed by atoms with E-state index in [-0.39, 0.29) is 16.7 Å². The van der Waals surface area contributed by atoms with Crippen molar-refractivity contribution in [2.45, 2.75) is 77.3 Å². The summed E-state index contributed by atoms with van der Waals surface area (Å²) < 4.78 is 1.78. The van der Waals surface area contributed by atoms with Crippen molar-refractivity contribution >= 4 is 39.2 Å². The van der Waals surface area contributed by atoms with Crippen molar-refractivity contribution in [1.82, 2.24) is 14.5 Å². The molecule has 0 spiro atoms. The fourth-order valence-corrected chi connectivity index (χ4v) is 5.75. The van der Waals surface area contributed by atoms with Gasteiger partial charge in [0.05, 0.1) is 10.6 Å². The van der Waals surface area contributed by atoms with Crippen LogP contribution in [0.2, 0.25) is 0 Å². The summed E-state index contributed by atoms with van der Waals surface area (Å²) in [5, 5.41) is 1.16. The number of nitrogens with zero attached hydrogens (tertiary/aromatic N) is 3. The first-order chi connectivity index (χ1) is 13.3. The van der Waals surface area contributed by atoms with Crippen LogP contribution in [-0.2, 0) is 11.3 Å². The topological polar surface area (TPSA) is 55.2 Å². The summed E-state index contributed by atoms with van der Waals surface area (Å²) in [6.45, 7) is 12.5. The van der Waals surface area contributed by atoms with Gasteiger partial charge in [-0.15, -0.1) is 11.3 Å². The quantitative estimate of drug-likeness (QED) is 0.522. The lowest BCUT2D eigenvalue weighted by Gasteiger charge is -2.24. The molecule has 1 aliphatic rings. The molecule has 3 heterocycles. The number of carbonyl (C=O) groups excluding carboxylic acids is 1. The molecule has 0 bridgehead atoms. The molecule has 3 rings (SSSR count). The van der Waals surface area contributed by atoms with Gasteiger partial charge in [0.1, 0.15) is 4.83 Å². The first-order valence-corrected chi connectivity index (χ1v) is 11.9. The van der Waals surface area contributed by atoms with E-state index in [4.69, 9.17) is 4.98 Å². The highest BCUT2D eigenvalue weighted by Crippen LogP contribution is 2.30. The van der Waals surface area contributed by atoms with Gasteiger partial charge in [0.2, 0.25) is 5.91 Å². The molecule has 0 N–H and O–H groups in total. The molecule has 7 heteroatoms. The van der Waals surface area contributed by atoms with E-state index in [1.54, 1.807) is 15.9 Å². The number of carbonyl (C=O) groups is 1. The van der Waals surface area contributed by atoms with Crippen molar-refractivity contribution in [3.63, 3.8) is 0 Å². The molecule has 2 aromatic heterocycles. The van der Waals surface area contributed by atoms with E-state index in [9.17, 15) is 9.59 Å². The van der Waals surface area contributed by atoms with Crippen molar-refractivity contribution in [3.05, 3.63) is 20.8 Å². The van der Waals surface area contributed by atoms with Crippen LogP contribution in [0, 0.1) is 19.8 Å². The molecule has 1 amide bonds. The molecule has 1 aliphatic heterocycles. The third-order valence-corrected chi connectivity index (χ3v) is 7.53. The summed E-state index contributed by atoms with van der Waals surface area (Å²) in [6, 6.07) is 0. The lowest BCUT2D eigenvalue weighted by atomic mass is 10.2. The van der Waals surface area contributed by atoms with Gasteiger partial charge >= 0.3 is 0 Å². The van der Waals surface area contributed by atoms with Gasteiger partial charge in [-0.1, -0.05) is 38.5 Å². The second-order valence-electron chi connectivity index (χ2n) is 8.17. The van der Waals surface area contributed by atoms with Gasteiger partial charge in [-0.05, 0) is 45.1 Å². The van der Waals surface area contributed by atoms with Gasteiger partial charge in [-0.25, -0.2) is 4.98 Å². The summed E-state index contributed by atoms with van der Waals surface area (Å²) in [4.78, 5) is 35.0. The molecule has 1 saturated heterocycles. The number of fused-ring (bicyclic) bond motifs is 1. The van der Waals surface area contributed by atoms with Gasteiger partial charge in [-0.3, -0.25) is 14.2 Å². The van der Waals surface area contributed by atoms with Crippen LogP contribution < -0.4 is 5.56 Å². The Bertz CT molecular complexity index is 908. The van der Waals surface area contributed by atoms with Crippen LogP contribution in [0.3, 0.4) is 0 Å². The average molecular weight is 422 g/mol. The second-order valence-corrected chi connectivity index (χ2v) is 10.7. The van der Waals surface area contributed by atoms with E-state index in [0.717, 1.165) is 46.6 Å². The number of amides is 1. The third kappa shape index (κ3) is 4.46. The Morgan fingerprint density at radius 1 is 1.14 bits per heavy atom. The highest BCUT2D eigenvalue weighted by Gasteiger charge is 2.25. The SMILES string of the molecule is Cc1sc2nc(S[C@@H](C)C(=O)N3CCCCCC3)n(CC(C)C)c(=O)c2c1C. The Balaban J connectivity index is 1.94. The zero-order valence-corrected chi connectivity index (χ0v) is 19.2. The zero-order valence-electron chi connectivity index (χ0n) is 17.6. The second kappa shape index (κ2) is 8.99. The number of hydrogen-bond acceptors (Lipinski definition) is 5. The lowest BCUT2D eigenvalue weighted by molar-refractivity contribution is -0.130. The number of aryl methyl sites for hydroxylation is 2. The maximum Gasteiger partial charge on any atom is 0.263 e. The maximum atomic E-state index is 13.2. The largest absolute Gasteiger partial charge is 0.342 e. The zero-order chi connectivity index (χ0) is 20.4. The minimum atomic E-state index is -0.247. The van der Waals surface area contributed by atoms with Crippen LogP contribution in [0.4, 0.5) is 0 Å². The monoisotopic (exact) mass is 421 g/mol. The van der Waals surface area contributed by atoms with E-state index in [1.165, 1.54) is 24.6 Å². The molecule has 1 atom stereocenters. The van der Waals surface area contributed by atoms with Crippen molar-refractivity contribution in [3.8, 4) is 0 Å². The lowest BCUT2D eigenvalue weighted by Crippen LogP contribution is -2.37. The highest BCUT2D eigenvalue weighted by molar-refractivity contribution is 8.00. The van der Waals surface area contributed by atoms with Crippen molar-refractivity contribution in [2.24, 2.45) is 5.92 Å². The molecular weight excluding hydrogens is 390 g/mol. The smallest absolute Gasteiger partial charge is 0.263 e. The summed E-state index contributed by atoms with van der Waals surface area (Å²) in [5.74, 6) is 0.490. The molecule has 0 unspecified atom stereocenters. The van der Waals surface area contributed by atoms with Crippen molar-refractivity contribution in [1.29, 1.82) is 0 Å². The van der Waals surface area contributed by atoms with Crippen molar-refractivity contribution in [2.75, 3.05) is 13.1 Å². The number of hydrogen-bond donors (Lipinski definition) is 0. The molecule has 154 valence electrons. The van der Waals surface area contributed by atoms with E-state index in [0.29, 0.717) is 17.6 Å². The first kappa shape index (κ1) is 21.4. The van der Waals surface area contributed by atoms with Crippen LogP contribution in [0.15, 0.2) is 9.95 Å². The van der Waals surface area contributed by atoms with E-state index in [1.807, 2.05) is 25.7 Å². The minimum absolute atomic E-state index is 0.0254.